The fraction of sp³-hybridized carbons (Fsp3) is 0.267. The third kappa shape index (κ3) is 3.28. The Morgan fingerprint density at radius 1 is 1.33 bits per heavy atom. The zero-order chi connectivity index (χ0) is 15.4. The number of carbonyl (C=O) groups excluding carboxylic acids is 1. The molecule has 0 unspecified atom stereocenters. The Hall–Kier alpha value is -2.63. The van der Waals surface area contributed by atoms with Gasteiger partial charge in [-0.1, -0.05) is 17.7 Å². The summed E-state index contributed by atoms with van der Waals surface area (Å²) in [7, 11) is 1.60. The number of hydrogen-bond acceptors (Lipinski definition) is 5. The molecule has 110 valence electrons. The molecule has 0 fully saturated rings. The summed E-state index contributed by atoms with van der Waals surface area (Å²) in [5.74, 6) is 0.468. The molecule has 1 amide bonds. The summed E-state index contributed by atoms with van der Waals surface area (Å²) < 4.78 is 5.33. The number of aromatic nitrogens is 2. The van der Waals surface area contributed by atoms with Gasteiger partial charge in [0.05, 0.1) is 13.2 Å². The van der Waals surface area contributed by atoms with Gasteiger partial charge < -0.3 is 15.8 Å². The summed E-state index contributed by atoms with van der Waals surface area (Å²) >= 11 is 0. The largest absolute Gasteiger partial charge is 0.496 e. The lowest BCUT2D eigenvalue weighted by Crippen LogP contribution is -2.28. The van der Waals surface area contributed by atoms with Crippen LogP contribution < -0.4 is 15.8 Å². The van der Waals surface area contributed by atoms with Crippen LogP contribution >= 0.6 is 0 Å². The lowest BCUT2D eigenvalue weighted by atomic mass is 10.0. The molecule has 1 aromatic heterocycles. The Kier molecular flexibility index (Phi) is 4.37. The van der Waals surface area contributed by atoms with Gasteiger partial charge in [0, 0.05) is 18.0 Å². The van der Waals surface area contributed by atoms with Crippen molar-refractivity contribution in [3.63, 3.8) is 0 Å². The van der Waals surface area contributed by atoms with Crippen molar-refractivity contribution in [1.29, 1.82) is 0 Å². The number of ether oxygens (including phenoxy) is 1. The number of carbonyl (C=O) groups is 1. The van der Waals surface area contributed by atoms with Crippen LogP contribution in [0.25, 0.3) is 0 Å². The molecule has 0 aliphatic carbocycles. The quantitative estimate of drug-likeness (QED) is 0.895. The van der Waals surface area contributed by atoms with E-state index in [4.69, 9.17) is 10.5 Å². The molecule has 0 aliphatic heterocycles. The number of aryl methyl sites for hydroxylation is 1. The Labute approximate surface area is 123 Å². The molecule has 0 aliphatic rings. The van der Waals surface area contributed by atoms with Crippen LogP contribution in [0.4, 0.5) is 5.82 Å². The minimum Gasteiger partial charge on any atom is -0.496 e. The first-order chi connectivity index (χ1) is 10.0. The van der Waals surface area contributed by atoms with E-state index in [-0.39, 0.29) is 23.5 Å². The molecule has 2 aromatic rings. The topological polar surface area (TPSA) is 90.1 Å². The predicted octanol–water partition coefficient (Wildman–Crippen LogP) is 1.87. The van der Waals surface area contributed by atoms with Crippen LogP contribution in [-0.2, 0) is 0 Å². The van der Waals surface area contributed by atoms with Crippen LogP contribution in [0.1, 0.15) is 34.6 Å². The van der Waals surface area contributed by atoms with E-state index in [0.717, 1.165) is 16.9 Å². The van der Waals surface area contributed by atoms with Gasteiger partial charge in [-0.15, -0.1) is 0 Å². The third-order valence-electron chi connectivity index (χ3n) is 3.14. The molecule has 1 aromatic carbocycles. The molecule has 0 saturated carbocycles. The number of nitrogens with two attached hydrogens (primary N) is 1. The monoisotopic (exact) mass is 286 g/mol. The zero-order valence-electron chi connectivity index (χ0n) is 12.3. The SMILES string of the molecule is COc1ccc(C)cc1[C@H](C)NC(=O)c1nccnc1N. The normalized spacial score (nSPS) is 11.8. The van der Waals surface area contributed by atoms with Crippen LogP contribution in [0.15, 0.2) is 30.6 Å². The maximum absolute atomic E-state index is 12.2. The average molecular weight is 286 g/mol. The van der Waals surface area contributed by atoms with Gasteiger partial charge in [-0.25, -0.2) is 9.97 Å². The smallest absolute Gasteiger partial charge is 0.274 e. The van der Waals surface area contributed by atoms with Gasteiger partial charge in [0.2, 0.25) is 0 Å². The highest BCUT2D eigenvalue weighted by Gasteiger charge is 2.18. The van der Waals surface area contributed by atoms with Gasteiger partial charge in [-0.2, -0.15) is 0 Å². The number of benzene rings is 1. The van der Waals surface area contributed by atoms with Crippen LogP contribution in [0.2, 0.25) is 0 Å². The third-order valence-corrected chi connectivity index (χ3v) is 3.14. The Morgan fingerprint density at radius 3 is 2.71 bits per heavy atom. The zero-order valence-corrected chi connectivity index (χ0v) is 12.3. The van der Waals surface area contributed by atoms with E-state index in [9.17, 15) is 4.79 Å². The number of methoxy groups -OCH3 is 1. The molecule has 1 heterocycles. The Balaban J connectivity index is 2.22. The van der Waals surface area contributed by atoms with Crippen molar-refractivity contribution in [2.45, 2.75) is 19.9 Å². The van der Waals surface area contributed by atoms with Crippen LogP contribution in [0.5, 0.6) is 5.75 Å². The maximum Gasteiger partial charge on any atom is 0.274 e. The van der Waals surface area contributed by atoms with Gasteiger partial charge in [0.1, 0.15) is 5.75 Å². The number of nitrogens with zero attached hydrogens (tertiary/aromatic N) is 2. The molecular formula is C15H18N4O2. The van der Waals surface area contributed by atoms with Gasteiger partial charge in [0.25, 0.3) is 5.91 Å². The second kappa shape index (κ2) is 6.21. The summed E-state index contributed by atoms with van der Waals surface area (Å²) in [6.07, 6.45) is 2.88. The van der Waals surface area contributed by atoms with Crippen molar-refractivity contribution in [2.75, 3.05) is 12.8 Å². The first-order valence-electron chi connectivity index (χ1n) is 6.54. The van der Waals surface area contributed by atoms with Crippen LogP contribution in [0.3, 0.4) is 0 Å². The summed E-state index contributed by atoms with van der Waals surface area (Å²) in [6, 6.07) is 5.57. The molecule has 0 radical (unpaired) electrons. The highest BCUT2D eigenvalue weighted by atomic mass is 16.5. The lowest BCUT2D eigenvalue weighted by Gasteiger charge is -2.18. The summed E-state index contributed by atoms with van der Waals surface area (Å²) in [6.45, 7) is 3.86. The van der Waals surface area contributed by atoms with Gasteiger partial charge in [0.15, 0.2) is 11.5 Å². The number of anilines is 1. The standard InChI is InChI=1S/C15H18N4O2/c1-9-4-5-12(21-3)11(8-9)10(2)19-15(20)13-14(16)18-7-6-17-13/h4-8,10H,1-3H3,(H2,16,18)(H,19,20)/t10-/m0/s1. The second-order valence-corrected chi connectivity index (χ2v) is 4.73. The molecule has 0 saturated heterocycles. The molecule has 6 heteroatoms. The summed E-state index contributed by atoms with van der Waals surface area (Å²) in [5.41, 5.74) is 7.76. The first kappa shape index (κ1) is 14.8. The molecule has 2 rings (SSSR count). The Bertz CT molecular complexity index is 658. The number of nitrogen functional groups attached to an aromatic ring is 1. The molecule has 6 nitrogen and oxygen atoms in total. The maximum atomic E-state index is 12.2. The number of rotatable bonds is 4. The number of hydrogen-bond donors (Lipinski definition) is 2. The lowest BCUT2D eigenvalue weighted by molar-refractivity contribution is 0.0935. The van der Waals surface area contributed by atoms with Crippen molar-refractivity contribution in [2.24, 2.45) is 0 Å². The van der Waals surface area contributed by atoms with E-state index in [1.54, 1.807) is 7.11 Å². The number of nitrogens with one attached hydrogen (secondary N) is 1. The molecule has 0 bridgehead atoms. The molecule has 1 atom stereocenters. The summed E-state index contributed by atoms with van der Waals surface area (Å²) in [5, 5.41) is 2.85. The molecule has 3 N–H and O–H groups in total. The van der Waals surface area contributed by atoms with Crippen molar-refractivity contribution in [3.05, 3.63) is 47.4 Å². The fourth-order valence-corrected chi connectivity index (χ4v) is 2.06. The van der Waals surface area contributed by atoms with E-state index in [0.29, 0.717) is 0 Å². The van der Waals surface area contributed by atoms with Crippen LogP contribution in [0, 0.1) is 6.92 Å². The van der Waals surface area contributed by atoms with E-state index in [1.807, 2.05) is 32.0 Å². The van der Waals surface area contributed by atoms with E-state index < -0.39 is 0 Å². The molecule has 21 heavy (non-hydrogen) atoms. The van der Waals surface area contributed by atoms with Crippen LogP contribution in [-0.4, -0.2) is 23.0 Å². The van der Waals surface area contributed by atoms with Crippen molar-refractivity contribution in [1.82, 2.24) is 15.3 Å². The van der Waals surface area contributed by atoms with E-state index in [2.05, 4.69) is 15.3 Å². The van der Waals surface area contributed by atoms with Gasteiger partial charge in [-0.05, 0) is 19.9 Å². The second-order valence-electron chi connectivity index (χ2n) is 4.73. The van der Waals surface area contributed by atoms with Gasteiger partial charge >= 0.3 is 0 Å². The molecular weight excluding hydrogens is 268 g/mol. The highest BCUT2D eigenvalue weighted by molar-refractivity contribution is 5.96. The van der Waals surface area contributed by atoms with Crippen molar-refractivity contribution in [3.8, 4) is 5.75 Å². The molecule has 0 spiro atoms. The predicted molar refractivity (Wildman–Crippen MR) is 80.1 cm³/mol. The minimum absolute atomic E-state index is 0.110. The Morgan fingerprint density at radius 2 is 2.05 bits per heavy atom. The minimum atomic E-state index is -0.364. The highest BCUT2D eigenvalue weighted by Crippen LogP contribution is 2.26. The first-order valence-corrected chi connectivity index (χ1v) is 6.54. The van der Waals surface area contributed by atoms with E-state index in [1.165, 1.54) is 12.4 Å². The average Bonchev–Trinajstić information content (AvgIpc) is 2.47. The van der Waals surface area contributed by atoms with Crippen molar-refractivity contribution >= 4 is 11.7 Å². The fourth-order valence-electron chi connectivity index (χ4n) is 2.06. The number of amides is 1. The summed E-state index contributed by atoms with van der Waals surface area (Å²) in [4.78, 5) is 20.0. The van der Waals surface area contributed by atoms with E-state index >= 15 is 0 Å². The van der Waals surface area contributed by atoms with Gasteiger partial charge in [-0.3, -0.25) is 4.79 Å². The van der Waals surface area contributed by atoms with Crippen molar-refractivity contribution < 1.29 is 9.53 Å².